The molecule has 0 bridgehead atoms. The van der Waals surface area contributed by atoms with E-state index in [1.54, 1.807) is 42.5 Å². The number of hydrogen-bond donors (Lipinski definition) is 1. The summed E-state index contributed by atoms with van der Waals surface area (Å²) in [4.78, 5) is 30.1. The number of rotatable bonds is 5. The molecule has 3 aliphatic heterocycles. The number of halogens is 1. The van der Waals surface area contributed by atoms with E-state index in [-0.39, 0.29) is 11.3 Å². The van der Waals surface area contributed by atoms with Gasteiger partial charge in [0.15, 0.2) is 11.5 Å². The van der Waals surface area contributed by atoms with Gasteiger partial charge in [0.25, 0.3) is 11.7 Å². The largest absolute Gasteiger partial charge is 0.507 e. The molecule has 178 valence electrons. The highest BCUT2D eigenvalue weighted by atomic mass is 35.5. The third-order valence-corrected chi connectivity index (χ3v) is 6.52. The zero-order valence-corrected chi connectivity index (χ0v) is 19.3. The summed E-state index contributed by atoms with van der Waals surface area (Å²) in [5, 5.41) is 11.8. The topological polar surface area (TPSA) is 88.5 Å². The molecule has 0 radical (unpaired) electrons. The predicted molar refractivity (Wildman–Crippen MR) is 125 cm³/mol. The van der Waals surface area contributed by atoms with Gasteiger partial charge in [-0.3, -0.25) is 14.5 Å². The van der Waals surface area contributed by atoms with Gasteiger partial charge in [-0.15, -0.1) is 0 Å². The van der Waals surface area contributed by atoms with Gasteiger partial charge in [0.1, 0.15) is 19.0 Å². The summed E-state index contributed by atoms with van der Waals surface area (Å²) in [6, 6.07) is 11.2. The number of carbonyl (C=O) groups is 2. The quantitative estimate of drug-likeness (QED) is 0.396. The smallest absolute Gasteiger partial charge is 0.295 e. The van der Waals surface area contributed by atoms with Crippen LogP contribution in [0.1, 0.15) is 17.2 Å². The fourth-order valence-corrected chi connectivity index (χ4v) is 4.75. The fraction of sp³-hybridized carbons (Fsp3) is 0.360. The summed E-state index contributed by atoms with van der Waals surface area (Å²) in [6.45, 7) is 4.58. The maximum Gasteiger partial charge on any atom is 0.295 e. The summed E-state index contributed by atoms with van der Waals surface area (Å²) < 4.78 is 16.6. The Morgan fingerprint density at radius 2 is 1.74 bits per heavy atom. The summed E-state index contributed by atoms with van der Waals surface area (Å²) in [5.41, 5.74) is 1.07. The van der Waals surface area contributed by atoms with Crippen LogP contribution in [-0.2, 0) is 14.3 Å². The molecular formula is C25H25ClN2O6. The van der Waals surface area contributed by atoms with Crippen molar-refractivity contribution in [3.8, 4) is 11.5 Å². The van der Waals surface area contributed by atoms with Crippen molar-refractivity contribution in [3.63, 3.8) is 0 Å². The molecule has 2 aromatic carbocycles. The summed E-state index contributed by atoms with van der Waals surface area (Å²) in [7, 11) is 0. The molecule has 2 saturated heterocycles. The summed E-state index contributed by atoms with van der Waals surface area (Å²) in [5.74, 6) is -0.567. The second-order valence-electron chi connectivity index (χ2n) is 8.36. The van der Waals surface area contributed by atoms with Crippen LogP contribution in [0.4, 0.5) is 0 Å². The Hall–Kier alpha value is -3.07. The SMILES string of the molecule is O=C1C(=O)N(CCN2CCOCC2)[C@H](c2cccc(Cl)c2)/C1=C(\O)c1ccc2c(c1)OCCO2. The van der Waals surface area contributed by atoms with Crippen molar-refractivity contribution < 1.29 is 28.9 Å². The van der Waals surface area contributed by atoms with Crippen LogP contribution in [0.25, 0.3) is 5.76 Å². The number of benzene rings is 2. The molecule has 9 heteroatoms. The van der Waals surface area contributed by atoms with Crippen LogP contribution >= 0.6 is 11.6 Å². The second-order valence-corrected chi connectivity index (χ2v) is 8.80. The van der Waals surface area contributed by atoms with E-state index in [0.717, 1.165) is 13.1 Å². The molecule has 0 aliphatic carbocycles. The Kier molecular flexibility index (Phi) is 6.45. The first-order chi connectivity index (χ1) is 16.5. The van der Waals surface area contributed by atoms with E-state index in [1.165, 1.54) is 4.90 Å². The first-order valence-electron chi connectivity index (χ1n) is 11.3. The molecule has 5 rings (SSSR count). The van der Waals surface area contributed by atoms with Gasteiger partial charge in [0.05, 0.1) is 24.8 Å². The van der Waals surface area contributed by atoms with Gasteiger partial charge in [-0.1, -0.05) is 23.7 Å². The minimum Gasteiger partial charge on any atom is -0.507 e. The lowest BCUT2D eigenvalue weighted by molar-refractivity contribution is -0.140. The third-order valence-electron chi connectivity index (χ3n) is 6.28. The van der Waals surface area contributed by atoms with Gasteiger partial charge >= 0.3 is 0 Å². The zero-order valence-electron chi connectivity index (χ0n) is 18.5. The lowest BCUT2D eigenvalue weighted by Gasteiger charge is -2.31. The van der Waals surface area contributed by atoms with E-state index in [4.69, 9.17) is 25.8 Å². The van der Waals surface area contributed by atoms with E-state index in [2.05, 4.69) is 4.90 Å². The van der Waals surface area contributed by atoms with Crippen molar-refractivity contribution in [2.24, 2.45) is 0 Å². The highest BCUT2D eigenvalue weighted by Gasteiger charge is 2.46. The molecule has 1 atom stereocenters. The molecule has 34 heavy (non-hydrogen) atoms. The Balaban J connectivity index is 1.54. The highest BCUT2D eigenvalue weighted by Crippen LogP contribution is 2.41. The molecule has 3 aliphatic rings. The fourth-order valence-electron chi connectivity index (χ4n) is 4.55. The van der Waals surface area contributed by atoms with Crippen LogP contribution in [-0.4, -0.2) is 79.2 Å². The van der Waals surface area contributed by atoms with Crippen LogP contribution < -0.4 is 9.47 Å². The van der Waals surface area contributed by atoms with E-state index in [1.807, 2.05) is 0 Å². The molecule has 2 aromatic rings. The van der Waals surface area contributed by atoms with Gasteiger partial charge in [-0.2, -0.15) is 0 Å². The van der Waals surface area contributed by atoms with Gasteiger partial charge in [0.2, 0.25) is 0 Å². The standard InChI is InChI=1S/C25H25ClN2O6/c26-18-3-1-2-16(14-18)22-21(23(29)17-4-5-19-20(15-17)34-13-12-33-19)24(30)25(31)28(22)7-6-27-8-10-32-11-9-27/h1-5,14-15,22,29H,6-13H2/b23-21+/t22-/m1/s1. The predicted octanol–water partition coefficient (Wildman–Crippen LogP) is 2.87. The molecule has 1 amide bonds. The Morgan fingerprint density at radius 3 is 2.50 bits per heavy atom. The zero-order chi connectivity index (χ0) is 23.7. The molecule has 0 saturated carbocycles. The van der Waals surface area contributed by atoms with Crippen molar-refractivity contribution in [1.82, 2.24) is 9.80 Å². The molecule has 0 unspecified atom stereocenters. The number of ketones is 1. The molecule has 2 fully saturated rings. The lowest BCUT2D eigenvalue weighted by atomic mass is 9.95. The molecule has 8 nitrogen and oxygen atoms in total. The van der Waals surface area contributed by atoms with Crippen molar-refractivity contribution in [1.29, 1.82) is 0 Å². The molecular weight excluding hydrogens is 460 g/mol. The van der Waals surface area contributed by atoms with Crippen LogP contribution in [0.15, 0.2) is 48.0 Å². The minimum absolute atomic E-state index is 0.0333. The lowest BCUT2D eigenvalue weighted by Crippen LogP contribution is -2.42. The monoisotopic (exact) mass is 484 g/mol. The van der Waals surface area contributed by atoms with Gasteiger partial charge in [0, 0.05) is 36.8 Å². The van der Waals surface area contributed by atoms with Crippen LogP contribution in [0.5, 0.6) is 11.5 Å². The first kappa shape index (κ1) is 22.7. The van der Waals surface area contributed by atoms with Crippen LogP contribution in [0, 0.1) is 0 Å². The number of nitrogens with zero attached hydrogens (tertiary/aromatic N) is 2. The third kappa shape index (κ3) is 4.36. The second kappa shape index (κ2) is 9.66. The van der Waals surface area contributed by atoms with Crippen molar-refractivity contribution in [2.45, 2.75) is 6.04 Å². The molecule has 0 aromatic heterocycles. The van der Waals surface area contributed by atoms with E-state index in [9.17, 15) is 14.7 Å². The van der Waals surface area contributed by atoms with Gasteiger partial charge in [-0.25, -0.2) is 0 Å². The van der Waals surface area contributed by atoms with Crippen molar-refractivity contribution >= 4 is 29.1 Å². The number of morpholine rings is 1. The number of hydrogen-bond acceptors (Lipinski definition) is 7. The summed E-state index contributed by atoms with van der Waals surface area (Å²) in [6.07, 6.45) is 0. The van der Waals surface area contributed by atoms with E-state index >= 15 is 0 Å². The number of Topliss-reactive ketones (excluding diaryl/α,β-unsaturated/α-hetero) is 1. The van der Waals surface area contributed by atoms with Crippen molar-refractivity contribution in [2.75, 3.05) is 52.6 Å². The van der Waals surface area contributed by atoms with E-state index < -0.39 is 17.7 Å². The number of fused-ring (bicyclic) bond motifs is 1. The number of likely N-dealkylation sites (tertiary alicyclic amines) is 1. The van der Waals surface area contributed by atoms with Crippen LogP contribution in [0.3, 0.4) is 0 Å². The molecule has 3 heterocycles. The van der Waals surface area contributed by atoms with E-state index in [0.29, 0.717) is 67.2 Å². The Morgan fingerprint density at radius 1 is 0.971 bits per heavy atom. The number of carbonyl (C=O) groups excluding carboxylic acids is 2. The van der Waals surface area contributed by atoms with Gasteiger partial charge in [-0.05, 0) is 35.9 Å². The maximum absolute atomic E-state index is 13.2. The van der Waals surface area contributed by atoms with Crippen LogP contribution in [0.2, 0.25) is 5.02 Å². The van der Waals surface area contributed by atoms with Crippen molar-refractivity contribution in [3.05, 3.63) is 64.2 Å². The number of ether oxygens (including phenoxy) is 3. The first-order valence-corrected chi connectivity index (χ1v) is 11.6. The van der Waals surface area contributed by atoms with Gasteiger partial charge < -0.3 is 24.2 Å². The number of aliphatic hydroxyl groups is 1. The Labute approximate surface area is 202 Å². The minimum atomic E-state index is -0.757. The average molecular weight is 485 g/mol. The number of amides is 1. The highest BCUT2D eigenvalue weighted by molar-refractivity contribution is 6.46. The normalized spacial score (nSPS) is 22.3. The molecule has 0 spiro atoms. The average Bonchev–Trinajstić information content (AvgIpc) is 3.12. The summed E-state index contributed by atoms with van der Waals surface area (Å²) >= 11 is 6.25. The Bertz CT molecular complexity index is 1140. The maximum atomic E-state index is 13.2. The molecule has 1 N–H and O–H groups in total. The number of aliphatic hydroxyl groups excluding tert-OH is 1.